The zero-order chi connectivity index (χ0) is 79.2. The van der Waals surface area contributed by atoms with Gasteiger partial charge in [0.05, 0.1) is 56.7 Å². The molecule has 2 aliphatic heterocycles. The molecule has 0 saturated carbocycles. The Labute approximate surface area is 688 Å². The van der Waals surface area contributed by atoms with Gasteiger partial charge in [0.2, 0.25) is 0 Å². The summed E-state index contributed by atoms with van der Waals surface area (Å²) in [7, 11) is 0. The Balaban J connectivity index is 0.948. The smallest absolute Gasteiger partial charge is 0.252 e. The number of benzene rings is 17. The third kappa shape index (κ3) is 11.1. The van der Waals surface area contributed by atoms with Crippen molar-refractivity contribution in [3.63, 3.8) is 0 Å². The Bertz CT molecular complexity index is 7000. The summed E-state index contributed by atoms with van der Waals surface area (Å²) in [6.07, 6.45) is 0. The van der Waals surface area contributed by atoms with E-state index in [1.54, 1.807) is 0 Å². The third-order valence-corrected chi connectivity index (χ3v) is 24.9. The summed E-state index contributed by atoms with van der Waals surface area (Å²) in [5.74, 6) is 0. The van der Waals surface area contributed by atoms with E-state index in [1.807, 2.05) is 6.07 Å². The van der Waals surface area contributed by atoms with E-state index in [2.05, 4.69) is 446 Å². The van der Waals surface area contributed by atoms with Gasteiger partial charge in [0.1, 0.15) is 0 Å². The highest BCUT2D eigenvalue weighted by molar-refractivity contribution is 7.00. The lowest BCUT2D eigenvalue weighted by Crippen LogP contribution is -2.61. The van der Waals surface area contributed by atoms with E-state index in [-0.39, 0.29) is 10.8 Å². The van der Waals surface area contributed by atoms with Crippen molar-refractivity contribution >= 4 is 128 Å². The summed E-state index contributed by atoms with van der Waals surface area (Å²) in [4.78, 5) is 9.48. The van der Waals surface area contributed by atoms with Gasteiger partial charge in [0.15, 0.2) is 5.69 Å². The largest absolute Gasteiger partial charge is 0.310 e. The van der Waals surface area contributed by atoms with Crippen LogP contribution in [0.1, 0.15) is 52.7 Å². The van der Waals surface area contributed by atoms with Crippen LogP contribution >= 0.6 is 0 Å². The van der Waals surface area contributed by atoms with Crippen molar-refractivity contribution in [3.05, 3.63) is 405 Å². The van der Waals surface area contributed by atoms with Crippen molar-refractivity contribution in [3.8, 4) is 83.8 Å². The molecular formula is C111H81BN6. The van der Waals surface area contributed by atoms with E-state index in [9.17, 15) is 0 Å². The molecule has 118 heavy (non-hydrogen) atoms. The first kappa shape index (κ1) is 70.0. The van der Waals surface area contributed by atoms with E-state index in [0.717, 1.165) is 162 Å². The molecule has 20 aromatic rings. The molecule has 0 atom stereocenters. The quantitative estimate of drug-likeness (QED) is 0.0953. The molecule has 0 N–H and O–H groups in total. The normalized spacial score (nSPS) is 12.6. The SMILES string of the molecule is [C-]#[N+]c1ccc2c(c1)c1ccccc1n2-c1cc2c3c(c1)N(c1c(-c4ccccc4)cc(C(C)(C)C)cc1-c1ccccc1)c1ccc(-c4cccc5c4c4ccccc4n5-c4ccccc4)cc1B3c1cc(-c3cccc4c3c3ccccc3n4-c3ccccc3)ccc1N2c1c(-c2ccccc2)cc(C(C)(C)C)cc1-c1ccccc1. The summed E-state index contributed by atoms with van der Waals surface area (Å²) < 4.78 is 7.37. The predicted octanol–water partition coefficient (Wildman–Crippen LogP) is 28.2. The van der Waals surface area contributed by atoms with Gasteiger partial charge in [-0.05, 0) is 204 Å². The number of hydrogen-bond acceptors (Lipinski definition) is 2. The molecule has 0 radical (unpaired) electrons. The first-order chi connectivity index (χ1) is 57.8. The zero-order valence-electron chi connectivity index (χ0n) is 66.6. The van der Waals surface area contributed by atoms with Gasteiger partial charge in [-0.2, -0.15) is 0 Å². The molecule has 558 valence electrons. The molecule has 2 aliphatic rings. The predicted molar refractivity (Wildman–Crippen MR) is 500 cm³/mol. The molecule has 7 heteroatoms. The highest BCUT2D eigenvalue weighted by Gasteiger charge is 2.47. The third-order valence-electron chi connectivity index (χ3n) is 24.9. The van der Waals surface area contributed by atoms with Gasteiger partial charge in [-0.1, -0.05) is 308 Å². The summed E-state index contributed by atoms with van der Waals surface area (Å²) in [6.45, 7) is 22.1. The van der Waals surface area contributed by atoms with Crippen molar-refractivity contribution in [1.82, 2.24) is 13.7 Å². The fraction of sp³-hybridized carbons (Fsp3) is 0.0721. The first-order valence-corrected chi connectivity index (χ1v) is 41.0. The maximum absolute atomic E-state index is 8.45. The second-order valence-corrected chi connectivity index (χ2v) is 33.8. The number of anilines is 6. The Hall–Kier alpha value is -14.7. The summed E-state index contributed by atoms with van der Waals surface area (Å²) >= 11 is 0. The van der Waals surface area contributed by atoms with Crippen molar-refractivity contribution in [2.75, 3.05) is 9.80 Å². The Morgan fingerprint density at radius 3 is 0.983 bits per heavy atom. The van der Waals surface area contributed by atoms with Crippen LogP contribution in [0.5, 0.6) is 0 Å². The van der Waals surface area contributed by atoms with Crippen LogP contribution in [0.4, 0.5) is 39.8 Å². The fourth-order valence-corrected chi connectivity index (χ4v) is 19.4. The first-order valence-electron chi connectivity index (χ1n) is 41.0. The molecule has 3 aromatic heterocycles. The second kappa shape index (κ2) is 27.2. The van der Waals surface area contributed by atoms with Crippen molar-refractivity contribution in [1.29, 1.82) is 0 Å². The van der Waals surface area contributed by atoms with Crippen LogP contribution in [-0.4, -0.2) is 20.4 Å². The number of aromatic nitrogens is 3. The Morgan fingerprint density at radius 2 is 0.593 bits per heavy atom. The summed E-state index contributed by atoms with van der Waals surface area (Å²) in [5.41, 5.74) is 35.8. The molecule has 5 heterocycles. The molecule has 22 rings (SSSR count). The fourth-order valence-electron chi connectivity index (χ4n) is 19.4. The number of rotatable bonds is 11. The van der Waals surface area contributed by atoms with Crippen LogP contribution in [0.2, 0.25) is 0 Å². The Kier molecular flexibility index (Phi) is 16.2. The monoisotopic (exact) mass is 1510 g/mol. The molecule has 0 aliphatic carbocycles. The minimum absolute atomic E-state index is 0.253. The van der Waals surface area contributed by atoms with Crippen molar-refractivity contribution in [2.45, 2.75) is 52.4 Å². The van der Waals surface area contributed by atoms with Gasteiger partial charge in [0, 0.05) is 83.3 Å². The van der Waals surface area contributed by atoms with Gasteiger partial charge in [-0.25, -0.2) is 4.85 Å². The topological polar surface area (TPSA) is 25.6 Å². The molecular weight excluding hydrogens is 1430 g/mol. The highest BCUT2D eigenvalue weighted by atomic mass is 15.2. The number of nitrogens with zero attached hydrogens (tertiary/aromatic N) is 6. The minimum Gasteiger partial charge on any atom is -0.310 e. The highest BCUT2D eigenvalue weighted by Crippen LogP contribution is 2.56. The van der Waals surface area contributed by atoms with Gasteiger partial charge in [0.25, 0.3) is 6.71 Å². The number of hydrogen-bond donors (Lipinski definition) is 0. The van der Waals surface area contributed by atoms with Crippen molar-refractivity contribution < 1.29 is 0 Å². The second-order valence-electron chi connectivity index (χ2n) is 33.8. The average molecular weight is 1510 g/mol. The summed E-state index contributed by atoms with van der Waals surface area (Å²) in [6, 6.07) is 143. The van der Waals surface area contributed by atoms with E-state index >= 15 is 0 Å². The molecule has 0 bridgehead atoms. The van der Waals surface area contributed by atoms with E-state index < -0.39 is 6.71 Å². The van der Waals surface area contributed by atoms with E-state index in [0.29, 0.717) is 5.69 Å². The number of fused-ring (bicyclic) bond motifs is 13. The van der Waals surface area contributed by atoms with Crippen LogP contribution in [0.15, 0.2) is 382 Å². The number of para-hydroxylation sites is 5. The molecule has 17 aromatic carbocycles. The van der Waals surface area contributed by atoms with Crippen LogP contribution in [0.25, 0.3) is 154 Å². The molecule has 0 fully saturated rings. The molecule has 0 spiro atoms. The van der Waals surface area contributed by atoms with Crippen molar-refractivity contribution in [2.24, 2.45) is 0 Å². The maximum Gasteiger partial charge on any atom is 0.252 e. The lowest BCUT2D eigenvalue weighted by Gasteiger charge is -2.46. The molecule has 0 amide bonds. The Morgan fingerprint density at radius 1 is 0.254 bits per heavy atom. The van der Waals surface area contributed by atoms with Crippen LogP contribution in [0, 0.1) is 6.57 Å². The van der Waals surface area contributed by atoms with E-state index in [1.165, 1.54) is 49.1 Å². The average Bonchev–Trinajstić information content (AvgIpc) is 0.819. The minimum atomic E-state index is -0.408. The van der Waals surface area contributed by atoms with Gasteiger partial charge in [-0.15, -0.1) is 0 Å². The van der Waals surface area contributed by atoms with Crippen LogP contribution in [-0.2, 0) is 10.8 Å². The molecule has 0 unspecified atom stereocenters. The molecule has 6 nitrogen and oxygen atoms in total. The van der Waals surface area contributed by atoms with E-state index in [4.69, 9.17) is 6.57 Å². The lowest BCUT2D eigenvalue weighted by atomic mass is 9.33. The lowest BCUT2D eigenvalue weighted by molar-refractivity contribution is 0.590. The maximum atomic E-state index is 8.45. The van der Waals surface area contributed by atoms with Gasteiger partial charge in [-0.3, -0.25) is 0 Å². The zero-order valence-corrected chi connectivity index (χ0v) is 66.6. The molecule has 0 saturated heterocycles. The standard InChI is InChI=1S/C111H81BN6/c1-110(2,3)77-64-88(71-34-14-8-15-35-71)108(89(65-77)72-36-16-9-17-37-72)117-99-59-56-75(83-49-32-54-101-105(83)86-47-27-30-52-96(86)114(101)80-42-22-12-23-43-80)62-93(99)112-94-63-76(84-50-33-55-102-106(84)87-48-28-31-53-97(87)115(102)81-44-24-13-25-45-81)57-60-100(94)118(109-90(73-38-18-10-19-39-73)66-78(111(4,5)6)67-91(109)74-40-20-11-21-41-74)104-70-82(69-103(117)107(104)112)116-95-51-29-26-46-85(95)92-68-79(113-7)58-61-98(92)116/h8-70H,1-6H3. The van der Waals surface area contributed by atoms with Gasteiger partial charge < -0.3 is 23.5 Å². The van der Waals surface area contributed by atoms with Crippen LogP contribution in [0.3, 0.4) is 0 Å². The van der Waals surface area contributed by atoms with Gasteiger partial charge >= 0.3 is 0 Å². The summed E-state index contributed by atoms with van der Waals surface area (Å²) in [5, 5.41) is 6.88. The van der Waals surface area contributed by atoms with Crippen LogP contribution < -0.4 is 26.2 Å².